The van der Waals surface area contributed by atoms with Crippen molar-refractivity contribution in [3.63, 3.8) is 0 Å². The first-order valence-electron chi connectivity index (χ1n) is 5.75. The fourth-order valence-corrected chi connectivity index (χ4v) is 1.68. The summed E-state index contributed by atoms with van der Waals surface area (Å²) in [4.78, 5) is 11.5. The van der Waals surface area contributed by atoms with Crippen molar-refractivity contribution < 1.29 is 14.3 Å². The van der Waals surface area contributed by atoms with Crippen LogP contribution in [0.2, 0.25) is 0 Å². The van der Waals surface area contributed by atoms with E-state index in [0.29, 0.717) is 11.3 Å². The van der Waals surface area contributed by atoms with Crippen LogP contribution in [0.1, 0.15) is 5.56 Å². The maximum absolute atomic E-state index is 11.5. The molecule has 1 aromatic rings. The maximum Gasteiger partial charge on any atom is 0.340 e. The van der Waals surface area contributed by atoms with E-state index in [0.717, 1.165) is 5.56 Å². The summed E-state index contributed by atoms with van der Waals surface area (Å²) in [5, 5.41) is -0.138. The van der Waals surface area contributed by atoms with Crippen LogP contribution in [0.5, 0.6) is 5.75 Å². The van der Waals surface area contributed by atoms with Crippen molar-refractivity contribution in [3.05, 3.63) is 59.3 Å². The predicted molar refractivity (Wildman–Crippen MR) is 80.3 cm³/mol. The first-order chi connectivity index (χ1) is 9.51. The fraction of sp³-hybridized carbons (Fsp3) is 0.133. The fourth-order valence-electron chi connectivity index (χ4n) is 1.54. The minimum Gasteiger partial charge on any atom is -0.496 e. The third kappa shape index (κ3) is 3.90. The second-order valence-electron chi connectivity index (χ2n) is 3.81. The molecule has 5 heteroatoms. The molecule has 0 atom stereocenters. The molecule has 0 heterocycles. The van der Waals surface area contributed by atoms with E-state index in [-0.39, 0.29) is 10.7 Å². The molecule has 0 aromatic heterocycles. The lowest BCUT2D eigenvalue weighted by Crippen LogP contribution is -2.08. The van der Waals surface area contributed by atoms with Gasteiger partial charge >= 0.3 is 5.97 Å². The lowest BCUT2D eigenvalue weighted by Gasteiger charge is -2.08. The van der Waals surface area contributed by atoms with Crippen molar-refractivity contribution in [1.29, 1.82) is 0 Å². The molecule has 0 unspecified atom stereocenters. The van der Waals surface area contributed by atoms with Crippen LogP contribution in [-0.4, -0.2) is 20.2 Å². The highest BCUT2D eigenvalue weighted by molar-refractivity contribution is 6.31. The molecule has 0 aliphatic heterocycles. The molecule has 0 amide bonds. The van der Waals surface area contributed by atoms with Gasteiger partial charge in [-0.25, -0.2) is 4.79 Å². The molecule has 0 saturated carbocycles. The third-order valence-electron chi connectivity index (χ3n) is 2.57. The molecule has 2 N–H and O–H groups in total. The Morgan fingerprint density at radius 1 is 1.30 bits per heavy atom. The largest absolute Gasteiger partial charge is 0.496 e. The Morgan fingerprint density at radius 2 is 1.95 bits per heavy atom. The van der Waals surface area contributed by atoms with Crippen LogP contribution >= 0.6 is 11.6 Å². The van der Waals surface area contributed by atoms with Crippen LogP contribution in [0.25, 0.3) is 5.57 Å². The van der Waals surface area contributed by atoms with E-state index in [4.69, 9.17) is 22.1 Å². The number of benzene rings is 1. The van der Waals surface area contributed by atoms with Gasteiger partial charge in [0.05, 0.1) is 19.8 Å². The van der Waals surface area contributed by atoms with Crippen LogP contribution in [0.15, 0.2) is 53.7 Å². The van der Waals surface area contributed by atoms with Gasteiger partial charge in [0.1, 0.15) is 10.9 Å². The summed E-state index contributed by atoms with van der Waals surface area (Å²) in [7, 11) is 2.83. The van der Waals surface area contributed by atoms with Crippen molar-refractivity contribution in [1.82, 2.24) is 0 Å². The number of carbonyl (C=O) groups excluding carboxylic acids is 1. The Hall–Kier alpha value is -2.20. The van der Waals surface area contributed by atoms with Gasteiger partial charge in [0.15, 0.2) is 0 Å². The minimum absolute atomic E-state index is 0.0743. The van der Waals surface area contributed by atoms with Crippen LogP contribution in [0.3, 0.4) is 0 Å². The average molecular weight is 294 g/mol. The van der Waals surface area contributed by atoms with Gasteiger partial charge in [0.2, 0.25) is 0 Å². The summed E-state index contributed by atoms with van der Waals surface area (Å²) in [6.07, 6.45) is 3.09. The Bertz CT molecular complexity index is 572. The van der Waals surface area contributed by atoms with Crippen molar-refractivity contribution in [2.24, 2.45) is 5.73 Å². The van der Waals surface area contributed by atoms with E-state index in [1.807, 2.05) is 24.3 Å². The highest BCUT2D eigenvalue weighted by Gasteiger charge is 2.10. The Kier molecular flexibility index (Phi) is 5.87. The Morgan fingerprint density at radius 3 is 2.50 bits per heavy atom. The number of ether oxygens (including phenoxy) is 2. The summed E-state index contributed by atoms with van der Waals surface area (Å²) < 4.78 is 9.83. The average Bonchev–Trinajstić information content (AvgIpc) is 2.46. The van der Waals surface area contributed by atoms with Gasteiger partial charge in [-0.15, -0.1) is 0 Å². The zero-order valence-electron chi connectivity index (χ0n) is 11.4. The first kappa shape index (κ1) is 15.9. The van der Waals surface area contributed by atoms with Gasteiger partial charge < -0.3 is 15.2 Å². The van der Waals surface area contributed by atoms with E-state index in [1.165, 1.54) is 13.2 Å². The number of nitrogens with two attached hydrogens (primary N) is 1. The van der Waals surface area contributed by atoms with Crippen molar-refractivity contribution in [2.45, 2.75) is 0 Å². The van der Waals surface area contributed by atoms with Gasteiger partial charge in [0, 0.05) is 5.56 Å². The van der Waals surface area contributed by atoms with E-state index >= 15 is 0 Å². The minimum atomic E-state index is -0.610. The second kappa shape index (κ2) is 7.40. The Labute approximate surface area is 123 Å². The molecule has 0 fully saturated rings. The molecule has 0 aliphatic rings. The molecule has 0 saturated heterocycles. The topological polar surface area (TPSA) is 61.5 Å². The van der Waals surface area contributed by atoms with E-state index in [2.05, 4.69) is 11.3 Å². The highest BCUT2D eigenvalue weighted by atomic mass is 35.5. The van der Waals surface area contributed by atoms with Crippen molar-refractivity contribution >= 4 is 23.1 Å². The molecular formula is C15H16ClNO3. The van der Waals surface area contributed by atoms with E-state index in [1.54, 1.807) is 13.2 Å². The summed E-state index contributed by atoms with van der Waals surface area (Å²) >= 11 is 5.66. The van der Waals surface area contributed by atoms with Gasteiger partial charge in [0.25, 0.3) is 0 Å². The lowest BCUT2D eigenvalue weighted by molar-refractivity contribution is -0.135. The van der Waals surface area contributed by atoms with Gasteiger partial charge in [-0.05, 0) is 17.7 Å². The molecule has 106 valence electrons. The number of hydrogen-bond donors (Lipinski definition) is 1. The van der Waals surface area contributed by atoms with Crippen molar-refractivity contribution in [3.8, 4) is 5.75 Å². The highest BCUT2D eigenvalue weighted by Crippen LogP contribution is 2.25. The summed E-state index contributed by atoms with van der Waals surface area (Å²) in [5.41, 5.74) is 6.97. The summed E-state index contributed by atoms with van der Waals surface area (Å²) in [6, 6.07) is 7.40. The predicted octanol–water partition coefficient (Wildman–Crippen LogP) is 2.85. The molecule has 0 radical (unpaired) electrons. The SMILES string of the molecule is C=C(/C=C\C(C(=O)OC)=C(/N)Cl)c1ccccc1OC. The first-order valence-corrected chi connectivity index (χ1v) is 6.13. The number of halogens is 1. The molecular weight excluding hydrogens is 278 g/mol. The van der Waals surface area contributed by atoms with Gasteiger partial charge in [-0.3, -0.25) is 0 Å². The number of rotatable bonds is 5. The van der Waals surface area contributed by atoms with Crippen LogP contribution in [0, 0.1) is 0 Å². The van der Waals surface area contributed by atoms with Gasteiger partial charge in [-0.2, -0.15) is 0 Å². The molecule has 20 heavy (non-hydrogen) atoms. The number of para-hydroxylation sites is 1. The lowest BCUT2D eigenvalue weighted by atomic mass is 10.1. The molecule has 1 aromatic carbocycles. The molecule has 0 spiro atoms. The van der Waals surface area contributed by atoms with E-state index < -0.39 is 5.97 Å². The number of methoxy groups -OCH3 is 2. The van der Waals surface area contributed by atoms with Crippen LogP contribution in [-0.2, 0) is 9.53 Å². The number of allylic oxidation sites excluding steroid dienone is 2. The van der Waals surface area contributed by atoms with Gasteiger partial charge in [-0.1, -0.05) is 42.5 Å². The summed E-state index contributed by atoms with van der Waals surface area (Å²) in [6.45, 7) is 3.92. The standard InChI is InChI=1S/C15H16ClNO3/c1-10(11-6-4-5-7-13(11)19-2)8-9-12(14(16)17)15(18)20-3/h4-9H,1,17H2,2-3H3/b9-8-,14-12+. The van der Waals surface area contributed by atoms with E-state index in [9.17, 15) is 4.79 Å². The zero-order chi connectivity index (χ0) is 15.1. The Balaban J connectivity index is 3.03. The molecule has 0 aliphatic carbocycles. The monoisotopic (exact) mass is 293 g/mol. The molecule has 4 nitrogen and oxygen atoms in total. The summed E-state index contributed by atoms with van der Waals surface area (Å²) in [5.74, 6) is 0.0752. The quantitative estimate of drug-likeness (QED) is 0.392. The van der Waals surface area contributed by atoms with Crippen LogP contribution < -0.4 is 10.5 Å². The maximum atomic E-state index is 11.5. The molecule has 0 bridgehead atoms. The van der Waals surface area contributed by atoms with Crippen molar-refractivity contribution in [2.75, 3.05) is 14.2 Å². The normalized spacial score (nSPS) is 11.9. The van der Waals surface area contributed by atoms with Crippen LogP contribution in [0.4, 0.5) is 0 Å². The second-order valence-corrected chi connectivity index (χ2v) is 4.22. The number of hydrogen-bond acceptors (Lipinski definition) is 4. The number of carbonyl (C=O) groups is 1. The smallest absolute Gasteiger partial charge is 0.340 e. The zero-order valence-corrected chi connectivity index (χ0v) is 12.1. The third-order valence-corrected chi connectivity index (χ3v) is 2.77. The number of esters is 1. The molecule has 1 rings (SSSR count).